The number of amides is 1. The maximum absolute atomic E-state index is 12.9. The largest absolute Gasteiger partial charge is 0.497 e. The van der Waals surface area contributed by atoms with E-state index in [0.717, 1.165) is 21.6 Å². The van der Waals surface area contributed by atoms with Crippen LogP contribution in [0.4, 0.5) is 5.00 Å². The Labute approximate surface area is 185 Å². The van der Waals surface area contributed by atoms with E-state index in [1.54, 1.807) is 39.3 Å². The molecule has 0 fully saturated rings. The van der Waals surface area contributed by atoms with E-state index in [-0.39, 0.29) is 18.9 Å². The maximum Gasteiger partial charge on any atom is 0.341 e. The fourth-order valence-electron chi connectivity index (χ4n) is 3.32. The van der Waals surface area contributed by atoms with Crippen molar-refractivity contribution in [3.63, 3.8) is 0 Å². The molecule has 3 rings (SSSR count). The first-order valence-electron chi connectivity index (χ1n) is 9.85. The van der Waals surface area contributed by atoms with E-state index in [0.29, 0.717) is 22.1 Å². The minimum absolute atomic E-state index is 0.0903. The highest BCUT2D eigenvalue weighted by Crippen LogP contribution is 2.40. The minimum atomic E-state index is -0.456. The molecule has 0 bridgehead atoms. The summed E-state index contributed by atoms with van der Waals surface area (Å²) in [5.74, 6) is 0.498. The van der Waals surface area contributed by atoms with Crippen molar-refractivity contribution in [2.75, 3.05) is 26.1 Å². The van der Waals surface area contributed by atoms with E-state index in [9.17, 15) is 9.59 Å². The molecule has 0 unspecified atom stereocenters. The number of hydrogen-bond acceptors (Lipinski definition) is 6. The van der Waals surface area contributed by atoms with Gasteiger partial charge in [-0.3, -0.25) is 4.79 Å². The summed E-state index contributed by atoms with van der Waals surface area (Å²) in [4.78, 5) is 26.6. The van der Waals surface area contributed by atoms with Gasteiger partial charge >= 0.3 is 5.97 Å². The summed E-state index contributed by atoms with van der Waals surface area (Å²) in [5, 5.41) is 3.38. The number of carbonyl (C=O) groups is 2. The molecule has 0 saturated carbocycles. The van der Waals surface area contributed by atoms with Crippen LogP contribution in [0.2, 0.25) is 0 Å². The van der Waals surface area contributed by atoms with Gasteiger partial charge in [-0.15, -0.1) is 11.3 Å². The number of nitrogens with one attached hydrogen (secondary N) is 1. The Balaban J connectivity index is 1.92. The van der Waals surface area contributed by atoms with Gasteiger partial charge in [-0.1, -0.05) is 36.4 Å². The van der Waals surface area contributed by atoms with Crippen LogP contribution < -0.4 is 14.8 Å². The SMILES string of the molecule is CCOC(=O)c1c(NC(=O)Cc2ccc(OC)cc2OC)sc(C)c1-c1ccccc1. The smallest absolute Gasteiger partial charge is 0.341 e. The molecule has 1 amide bonds. The molecular formula is C24H25NO5S. The van der Waals surface area contributed by atoms with E-state index in [1.165, 1.54) is 11.3 Å². The molecule has 0 spiro atoms. The maximum atomic E-state index is 12.9. The first-order chi connectivity index (χ1) is 15.0. The van der Waals surface area contributed by atoms with Crippen LogP contribution >= 0.6 is 11.3 Å². The Kier molecular flexibility index (Phi) is 7.31. The van der Waals surface area contributed by atoms with Crippen molar-refractivity contribution >= 4 is 28.2 Å². The molecule has 3 aromatic rings. The van der Waals surface area contributed by atoms with Crippen molar-refractivity contribution in [1.82, 2.24) is 0 Å². The van der Waals surface area contributed by atoms with Gasteiger partial charge in [0.1, 0.15) is 22.1 Å². The van der Waals surface area contributed by atoms with Crippen molar-refractivity contribution in [3.8, 4) is 22.6 Å². The number of thiophene rings is 1. The highest BCUT2D eigenvalue weighted by molar-refractivity contribution is 7.17. The molecule has 0 aliphatic heterocycles. The van der Waals surface area contributed by atoms with Crippen LogP contribution in [0, 0.1) is 6.92 Å². The van der Waals surface area contributed by atoms with Gasteiger partial charge in [0.15, 0.2) is 0 Å². The normalized spacial score (nSPS) is 10.5. The number of benzene rings is 2. The van der Waals surface area contributed by atoms with Gasteiger partial charge in [-0.05, 0) is 25.5 Å². The summed E-state index contributed by atoms with van der Waals surface area (Å²) in [6.07, 6.45) is 0.0903. The first kappa shape index (κ1) is 22.4. The van der Waals surface area contributed by atoms with Crippen molar-refractivity contribution < 1.29 is 23.8 Å². The highest BCUT2D eigenvalue weighted by atomic mass is 32.1. The van der Waals surface area contributed by atoms with Crippen molar-refractivity contribution in [3.05, 3.63) is 64.5 Å². The third-order valence-electron chi connectivity index (χ3n) is 4.72. The van der Waals surface area contributed by atoms with Crippen LogP contribution in [0.5, 0.6) is 11.5 Å². The molecule has 7 heteroatoms. The Morgan fingerprint density at radius 1 is 1.03 bits per heavy atom. The summed E-state index contributed by atoms with van der Waals surface area (Å²) < 4.78 is 15.9. The zero-order chi connectivity index (χ0) is 22.4. The average Bonchev–Trinajstić information content (AvgIpc) is 3.10. The number of esters is 1. The van der Waals surface area contributed by atoms with Gasteiger partial charge in [-0.2, -0.15) is 0 Å². The first-order valence-corrected chi connectivity index (χ1v) is 10.7. The molecule has 1 heterocycles. The molecule has 31 heavy (non-hydrogen) atoms. The average molecular weight is 440 g/mol. The number of anilines is 1. The van der Waals surface area contributed by atoms with Gasteiger partial charge < -0.3 is 19.5 Å². The Hall–Kier alpha value is -3.32. The molecular weight excluding hydrogens is 414 g/mol. The number of rotatable bonds is 8. The molecule has 2 aromatic carbocycles. The summed E-state index contributed by atoms with van der Waals surface area (Å²) in [7, 11) is 3.12. The second-order valence-corrected chi connectivity index (χ2v) is 7.95. The lowest BCUT2D eigenvalue weighted by Gasteiger charge is -2.11. The summed E-state index contributed by atoms with van der Waals surface area (Å²) >= 11 is 1.36. The lowest BCUT2D eigenvalue weighted by Crippen LogP contribution is -2.17. The van der Waals surface area contributed by atoms with Crippen LogP contribution in [-0.2, 0) is 16.0 Å². The van der Waals surface area contributed by atoms with Gasteiger partial charge in [0, 0.05) is 22.1 Å². The van der Waals surface area contributed by atoms with Crippen molar-refractivity contribution in [2.45, 2.75) is 20.3 Å². The van der Waals surface area contributed by atoms with E-state index >= 15 is 0 Å². The molecule has 0 radical (unpaired) electrons. The van der Waals surface area contributed by atoms with Crippen LogP contribution in [0.25, 0.3) is 11.1 Å². The predicted octanol–water partition coefficient (Wildman–Crippen LogP) is 5.10. The second kappa shape index (κ2) is 10.1. The van der Waals surface area contributed by atoms with E-state index in [4.69, 9.17) is 14.2 Å². The highest BCUT2D eigenvalue weighted by Gasteiger charge is 2.25. The fraction of sp³-hybridized carbons (Fsp3) is 0.250. The summed E-state index contributed by atoms with van der Waals surface area (Å²) in [6.45, 7) is 3.93. The standard InChI is InChI=1S/C24H25NO5S/c1-5-30-24(27)22-21(16-9-7-6-8-10-16)15(2)31-23(22)25-20(26)13-17-11-12-18(28-3)14-19(17)29-4/h6-12,14H,5,13H2,1-4H3,(H,25,26). The lowest BCUT2D eigenvalue weighted by atomic mass is 10.0. The predicted molar refractivity (Wildman–Crippen MR) is 122 cm³/mol. The van der Waals surface area contributed by atoms with Crippen molar-refractivity contribution in [1.29, 1.82) is 0 Å². The van der Waals surface area contributed by atoms with E-state index in [1.807, 2.05) is 37.3 Å². The molecule has 0 aliphatic carbocycles. The third kappa shape index (κ3) is 5.06. The Morgan fingerprint density at radius 2 is 1.77 bits per heavy atom. The van der Waals surface area contributed by atoms with Gasteiger partial charge in [-0.25, -0.2) is 4.79 Å². The molecule has 162 valence electrons. The molecule has 1 N–H and O–H groups in total. The lowest BCUT2D eigenvalue weighted by molar-refractivity contribution is -0.115. The minimum Gasteiger partial charge on any atom is -0.497 e. The molecule has 0 saturated heterocycles. The van der Waals surface area contributed by atoms with E-state index in [2.05, 4.69) is 5.32 Å². The molecule has 0 aliphatic rings. The van der Waals surface area contributed by atoms with Crippen LogP contribution in [0.1, 0.15) is 27.7 Å². The van der Waals surface area contributed by atoms with E-state index < -0.39 is 5.97 Å². The van der Waals surface area contributed by atoms with Crippen LogP contribution in [0.15, 0.2) is 48.5 Å². The van der Waals surface area contributed by atoms with Gasteiger partial charge in [0.2, 0.25) is 5.91 Å². The zero-order valence-corrected chi connectivity index (χ0v) is 18.8. The zero-order valence-electron chi connectivity index (χ0n) is 18.0. The number of carbonyl (C=O) groups excluding carboxylic acids is 2. The summed E-state index contributed by atoms with van der Waals surface area (Å²) in [5.41, 5.74) is 2.78. The van der Waals surface area contributed by atoms with Gasteiger partial charge in [0.05, 0.1) is 27.2 Å². The third-order valence-corrected chi connectivity index (χ3v) is 5.75. The Morgan fingerprint density at radius 3 is 2.42 bits per heavy atom. The second-order valence-electron chi connectivity index (χ2n) is 6.73. The topological polar surface area (TPSA) is 73.9 Å². The monoisotopic (exact) mass is 439 g/mol. The summed E-state index contributed by atoms with van der Waals surface area (Å²) in [6, 6.07) is 14.9. The van der Waals surface area contributed by atoms with Crippen molar-refractivity contribution in [2.24, 2.45) is 0 Å². The molecule has 6 nitrogen and oxygen atoms in total. The molecule has 0 atom stereocenters. The number of methoxy groups -OCH3 is 2. The number of ether oxygens (including phenoxy) is 3. The Bertz CT molecular complexity index is 1080. The van der Waals surface area contributed by atoms with Gasteiger partial charge in [0.25, 0.3) is 0 Å². The number of hydrogen-bond donors (Lipinski definition) is 1. The van der Waals surface area contributed by atoms with Crippen LogP contribution in [0.3, 0.4) is 0 Å². The number of aryl methyl sites for hydroxylation is 1. The quantitative estimate of drug-likeness (QED) is 0.495. The molecule has 1 aromatic heterocycles. The fourth-order valence-corrected chi connectivity index (χ4v) is 4.41. The van der Waals surface area contributed by atoms with Crippen LogP contribution in [-0.4, -0.2) is 32.7 Å².